The van der Waals surface area contributed by atoms with Crippen LogP contribution in [-0.2, 0) is 0 Å². The fourth-order valence-corrected chi connectivity index (χ4v) is 1.15. The van der Waals surface area contributed by atoms with E-state index >= 15 is 0 Å². The molecule has 62 valence electrons. The average Bonchev–Trinajstić information content (AvgIpc) is 2.34. The lowest BCUT2D eigenvalue weighted by Crippen LogP contribution is -2.19. The third-order valence-corrected chi connectivity index (χ3v) is 1.82. The number of aliphatic hydroxyl groups excluding tert-OH is 1. The summed E-state index contributed by atoms with van der Waals surface area (Å²) in [5.74, 6) is 0. The molecular weight excluding hydrogens is 179 g/mol. The molecule has 2 nitrogen and oxygen atoms in total. The van der Waals surface area contributed by atoms with E-state index in [2.05, 4.69) is 4.98 Å². The van der Waals surface area contributed by atoms with Gasteiger partial charge in [0.15, 0.2) is 0 Å². The van der Waals surface area contributed by atoms with Gasteiger partial charge in [-0.2, -0.15) is 13.2 Å². The molecule has 0 fully saturated rings. The molecule has 0 saturated carbocycles. The van der Waals surface area contributed by atoms with Crippen LogP contribution in [-0.4, -0.2) is 16.3 Å². The van der Waals surface area contributed by atoms with Crippen LogP contribution in [0, 0.1) is 0 Å². The van der Waals surface area contributed by atoms with E-state index in [1.54, 1.807) is 0 Å². The van der Waals surface area contributed by atoms with Crippen molar-refractivity contribution in [2.75, 3.05) is 0 Å². The topological polar surface area (TPSA) is 33.1 Å². The number of rotatable bonds is 1. The normalized spacial score (nSPS) is 14.9. The zero-order valence-corrected chi connectivity index (χ0v) is 5.99. The first-order valence-electron chi connectivity index (χ1n) is 2.66. The van der Waals surface area contributed by atoms with Crippen LogP contribution in [0.4, 0.5) is 13.2 Å². The van der Waals surface area contributed by atoms with Crippen LogP contribution in [0.25, 0.3) is 0 Å². The minimum absolute atomic E-state index is 0.322. The second kappa shape index (κ2) is 2.78. The SMILES string of the molecule is OC(c1nccs1)C(F)(F)F. The molecule has 11 heavy (non-hydrogen) atoms. The summed E-state index contributed by atoms with van der Waals surface area (Å²) in [7, 11) is 0. The summed E-state index contributed by atoms with van der Waals surface area (Å²) in [6, 6.07) is 0. The van der Waals surface area contributed by atoms with E-state index in [-0.39, 0.29) is 5.01 Å². The van der Waals surface area contributed by atoms with Crippen LogP contribution >= 0.6 is 11.3 Å². The summed E-state index contributed by atoms with van der Waals surface area (Å²) < 4.78 is 35.2. The Balaban J connectivity index is 2.78. The van der Waals surface area contributed by atoms with Gasteiger partial charge in [-0.1, -0.05) is 0 Å². The minimum Gasteiger partial charge on any atom is -0.377 e. The Morgan fingerprint density at radius 1 is 1.55 bits per heavy atom. The van der Waals surface area contributed by atoms with Gasteiger partial charge in [-0.3, -0.25) is 0 Å². The van der Waals surface area contributed by atoms with Crippen molar-refractivity contribution < 1.29 is 18.3 Å². The average molecular weight is 183 g/mol. The smallest absolute Gasteiger partial charge is 0.377 e. The Morgan fingerprint density at radius 3 is 2.55 bits per heavy atom. The highest BCUT2D eigenvalue weighted by Crippen LogP contribution is 2.32. The number of aromatic nitrogens is 1. The van der Waals surface area contributed by atoms with Gasteiger partial charge in [-0.05, 0) is 0 Å². The Bertz CT molecular complexity index is 220. The third-order valence-electron chi connectivity index (χ3n) is 0.995. The van der Waals surface area contributed by atoms with Crippen LogP contribution in [0.2, 0.25) is 0 Å². The van der Waals surface area contributed by atoms with E-state index in [0.29, 0.717) is 0 Å². The van der Waals surface area contributed by atoms with Crippen molar-refractivity contribution in [1.82, 2.24) is 4.98 Å². The molecule has 1 rings (SSSR count). The second-order valence-corrected chi connectivity index (χ2v) is 2.74. The Kier molecular flexibility index (Phi) is 2.15. The van der Waals surface area contributed by atoms with E-state index in [4.69, 9.17) is 5.11 Å². The molecule has 1 atom stereocenters. The molecule has 0 radical (unpaired) electrons. The predicted molar refractivity (Wildman–Crippen MR) is 33.1 cm³/mol. The van der Waals surface area contributed by atoms with Gasteiger partial charge in [0.1, 0.15) is 5.01 Å². The van der Waals surface area contributed by atoms with E-state index in [9.17, 15) is 13.2 Å². The molecule has 0 aromatic carbocycles. The van der Waals surface area contributed by atoms with E-state index in [1.807, 2.05) is 0 Å². The molecule has 0 saturated heterocycles. The summed E-state index contributed by atoms with van der Waals surface area (Å²) in [4.78, 5) is 3.33. The molecule has 1 aromatic rings. The van der Waals surface area contributed by atoms with Gasteiger partial charge >= 0.3 is 6.18 Å². The number of hydrogen-bond donors (Lipinski definition) is 1. The van der Waals surface area contributed by atoms with Crippen LogP contribution in [0.3, 0.4) is 0 Å². The number of halogens is 3. The monoisotopic (exact) mass is 183 g/mol. The van der Waals surface area contributed by atoms with Gasteiger partial charge in [-0.25, -0.2) is 4.98 Å². The molecule has 0 bridgehead atoms. The minimum atomic E-state index is -4.61. The second-order valence-electron chi connectivity index (χ2n) is 1.81. The lowest BCUT2D eigenvalue weighted by molar-refractivity contribution is -0.206. The quantitative estimate of drug-likeness (QED) is 0.719. The maximum Gasteiger partial charge on any atom is 0.420 e. The van der Waals surface area contributed by atoms with Gasteiger partial charge < -0.3 is 5.11 Å². The lowest BCUT2D eigenvalue weighted by atomic mass is 10.4. The maximum atomic E-state index is 11.7. The molecule has 1 aromatic heterocycles. The largest absolute Gasteiger partial charge is 0.420 e. The van der Waals surface area contributed by atoms with Crippen LogP contribution in [0.1, 0.15) is 11.1 Å². The van der Waals surface area contributed by atoms with Gasteiger partial charge in [-0.15, -0.1) is 11.3 Å². The summed E-state index contributed by atoms with van der Waals surface area (Å²) in [5.41, 5.74) is 0. The molecule has 1 unspecified atom stereocenters. The number of thiazole rings is 1. The molecule has 0 aliphatic carbocycles. The molecule has 0 aliphatic rings. The van der Waals surface area contributed by atoms with Crippen molar-refractivity contribution in [3.05, 3.63) is 16.6 Å². The van der Waals surface area contributed by atoms with Gasteiger partial charge in [0.25, 0.3) is 0 Å². The molecule has 1 N–H and O–H groups in total. The zero-order chi connectivity index (χ0) is 8.48. The van der Waals surface area contributed by atoms with E-state index in [0.717, 1.165) is 11.3 Å². The standard InChI is InChI=1S/C5H4F3NOS/c6-5(7,8)3(10)4-9-1-2-11-4/h1-3,10H. The Hall–Kier alpha value is -0.620. The number of nitrogens with zero attached hydrogens (tertiary/aromatic N) is 1. The number of alkyl halides is 3. The van der Waals surface area contributed by atoms with Gasteiger partial charge in [0, 0.05) is 11.6 Å². The number of aliphatic hydroxyl groups is 1. The fourth-order valence-electron chi connectivity index (χ4n) is 0.510. The van der Waals surface area contributed by atoms with E-state index in [1.165, 1.54) is 11.6 Å². The maximum absolute atomic E-state index is 11.7. The molecule has 1 heterocycles. The predicted octanol–water partition coefficient (Wildman–Crippen LogP) is 1.74. The van der Waals surface area contributed by atoms with Crippen molar-refractivity contribution in [2.24, 2.45) is 0 Å². The van der Waals surface area contributed by atoms with Crippen molar-refractivity contribution >= 4 is 11.3 Å². The molecule has 0 amide bonds. The van der Waals surface area contributed by atoms with Gasteiger partial charge in [0.2, 0.25) is 6.10 Å². The third kappa shape index (κ3) is 1.90. The van der Waals surface area contributed by atoms with Crippen LogP contribution < -0.4 is 0 Å². The number of hydrogen-bond acceptors (Lipinski definition) is 3. The van der Waals surface area contributed by atoms with Crippen molar-refractivity contribution in [3.63, 3.8) is 0 Å². The highest BCUT2D eigenvalue weighted by molar-refractivity contribution is 7.09. The van der Waals surface area contributed by atoms with Crippen molar-refractivity contribution in [3.8, 4) is 0 Å². The highest BCUT2D eigenvalue weighted by Gasteiger charge is 2.40. The Morgan fingerprint density at radius 2 is 2.18 bits per heavy atom. The van der Waals surface area contributed by atoms with Crippen LogP contribution in [0.5, 0.6) is 0 Å². The first-order valence-corrected chi connectivity index (χ1v) is 3.54. The molecular formula is C5H4F3NOS. The molecule has 6 heteroatoms. The van der Waals surface area contributed by atoms with Gasteiger partial charge in [0.05, 0.1) is 0 Å². The Labute approximate surface area is 64.3 Å². The lowest BCUT2D eigenvalue weighted by Gasteiger charge is -2.10. The van der Waals surface area contributed by atoms with Crippen molar-refractivity contribution in [1.29, 1.82) is 0 Å². The van der Waals surface area contributed by atoms with Crippen molar-refractivity contribution in [2.45, 2.75) is 12.3 Å². The first-order chi connectivity index (χ1) is 5.02. The van der Waals surface area contributed by atoms with E-state index < -0.39 is 12.3 Å². The summed E-state index contributed by atoms with van der Waals surface area (Å²) in [5, 5.41) is 9.63. The fraction of sp³-hybridized carbons (Fsp3) is 0.400. The molecule has 0 aliphatic heterocycles. The van der Waals surface area contributed by atoms with Crippen LogP contribution in [0.15, 0.2) is 11.6 Å². The summed E-state index contributed by atoms with van der Waals surface area (Å²) >= 11 is 0.777. The summed E-state index contributed by atoms with van der Waals surface area (Å²) in [6.45, 7) is 0. The summed E-state index contributed by atoms with van der Waals surface area (Å²) in [6.07, 6.45) is -5.84. The zero-order valence-electron chi connectivity index (χ0n) is 5.17. The molecule has 0 spiro atoms. The first kappa shape index (κ1) is 8.48. The highest BCUT2D eigenvalue weighted by atomic mass is 32.1.